The van der Waals surface area contributed by atoms with E-state index in [0.717, 1.165) is 0 Å². The van der Waals surface area contributed by atoms with E-state index in [-0.39, 0.29) is 43.7 Å². The highest BCUT2D eigenvalue weighted by atomic mass is 16.5. The SMILES string of the molecule is CCOC(=O)CNC(=O)CCN1C=CC(=O)C(CC)(CC)C1=O. The van der Waals surface area contributed by atoms with Gasteiger partial charge in [-0.3, -0.25) is 19.2 Å². The zero-order chi connectivity index (χ0) is 17.5. The quantitative estimate of drug-likeness (QED) is 0.526. The van der Waals surface area contributed by atoms with Crippen molar-refractivity contribution >= 4 is 23.6 Å². The van der Waals surface area contributed by atoms with E-state index in [1.54, 1.807) is 6.92 Å². The molecule has 23 heavy (non-hydrogen) atoms. The summed E-state index contributed by atoms with van der Waals surface area (Å²) < 4.78 is 4.71. The van der Waals surface area contributed by atoms with Crippen LogP contribution in [0, 0.1) is 5.41 Å². The van der Waals surface area contributed by atoms with Gasteiger partial charge in [0.25, 0.3) is 0 Å². The number of nitrogens with zero attached hydrogens (tertiary/aromatic N) is 1. The lowest BCUT2D eigenvalue weighted by molar-refractivity contribution is -0.148. The first kappa shape index (κ1) is 18.9. The first-order valence-corrected chi connectivity index (χ1v) is 7.87. The maximum absolute atomic E-state index is 12.5. The molecular weight excluding hydrogens is 300 g/mol. The van der Waals surface area contributed by atoms with Crippen LogP contribution in [0.1, 0.15) is 40.0 Å². The van der Waals surface area contributed by atoms with Crippen molar-refractivity contribution < 1.29 is 23.9 Å². The van der Waals surface area contributed by atoms with Crippen molar-refractivity contribution in [2.75, 3.05) is 19.7 Å². The normalized spacial score (nSPS) is 16.4. The largest absolute Gasteiger partial charge is 0.465 e. The van der Waals surface area contributed by atoms with Crippen molar-refractivity contribution in [1.82, 2.24) is 10.2 Å². The third kappa shape index (κ3) is 4.40. The maximum atomic E-state index is 12.5. The lowest BCUT2D eigenvalue weighted by Gasteiger charge is -2.35. The van der Waals surface area contributed by atoms with Gasteiger partial charge in [0.15, 0.2) is 5.78 Å². The summed E-state index contributed by atoms with van der Waals surface area (Å²) in [7, 11) is 0. The molecule has 128 valence electrons. The third-order valence-corrected chi connectivity index (χ3v) is 4.07. The fourth-order valence-corrected chi connectivity index (χ4v) is 2.54. The molecule has 1 aliphatic rings. The summed E-state index contributed by atoms with van der Waals surface area (Å²) in [4.78, 5) is 48.9. The van der Waals surface area contributed by atoms with E-state index in [2.05, 4.69) is 5.32 Å². The Morgan fingerprint density at radius 1 is 1.22 bits per heavy atom. The minimum absolute atomic E-state index is 0.0488. The van der Waals surface area contributed by atoms with Crippen molar-refractivity contribution in [2.45, 2.75) is 40.0 Å². The molecule has 0 aromatic carbocycles. The van der Waals surface area contributed by atoms with Crippen LogP contribution >= 0.6 is 0 Å². The highest BCUT2D eigenvalue weighted by Gasteiger charge is 2.45. The monoisotopic (exact) mass is 324 g/mol. The van der Waals surface area contributed by atoms with Crippen LogP contribution in [0.25, 0.3) is 0 Å². The second-order valence-corrected chi connectivity index (χ2v) is 5.30. The zero-order valence-corrected chi connectivity index (χ0v) is 13.9. The maximum Gasteiger partial charge on any atom is 0.325 e. The number of ketones is 1. The Balaban J connectivity index is 2.56. The van der Waals surface area contributed by atoms with E-state index >= 15 is 0 Å². The van der Waals surface area contributed by atoms with Crippen molar-refractivity contribution in [2.24, 2.45) is 5.41 Å². The first-order valence-electron chi connectivity index (χ1n) is 7.87. The molecule has 0 saturated carbocycles. The summed E-state index contributed by atoms with van der Waals surface area (Å²) in [5.41, 5.74) is -1.02. The molecule has 1 rings (SSSR count). The van der Waals surface area contributed by atoms with Crippen LogP contribution in [0.3, 0.4) is 0 Å². The molecule has 0 saturated heterocycles. The van der Waals surface area contributed by atoms with Gasteiger partial charge >= 0.3 is 5.97 Å². The summed E-state index contributed by atoms with van der Waals surface area (Å²) >= 11 is 0. The highest BCUT2D eigenvalue weighted by molar-refractivity contribution is 6.13. The minimum Gasteiger partial charge on any atom is -0.465 e. The van der Waals surface area contributed by atoms with Crippen LogP contribution in [0.15, 0.2) is 12.3 Å². The molecule has 0 fully saturated rings. The fourth-order valence-electron chi connectivity index (χ4n) is 2.54. The molecule has 0 aromatic heterocycles. The van der Waals surface area contributed by atoms with Crippen molar-refractivity contribution in [3.8, 4) is 0 Å². The van der Waals surface area contributed by atoms with Crippen LogP contribution in [0.4, 0.5) is 0 Å². The number of amides is 2. The summed E-state index contributed by atoms with van der Waals surface area (Å²) in [5, 5.41) is 2.44. The molecule has 0 unspecified atom stereocenters. The summed E-state index contributed by atoms with van der Waals surface area (Å²) in [6.07, 6.45) is 3.72. The van der Waals surface area contributed by atoms with Gasteiger partial charge in [-0.05, 0) is 25.8 Å². The number of carbonyl (C=O) groups excluding carboxylic acids is 4. The molecule has 1 aliphatic heterocycles. The van der Waals surface area contributed by atoms with Crippen LogP contribution in [-0.2, 0) is 23.9 Å². The van der Waals surface area contributed by atoms with E-state index in [0.29, 0.717) is 12.8 Å². The van der Waals surface area contributed by atoms with Gasteiger partial charge in [-0.1, -0.05) is 13.8 Å². The molecule has 7 heteroatoms. The molecule has 0 atom stereocenters. The molecule has 0 bridgehead atoms. The van der Waals surface area contributed by atoms with Crippen molar-refractivity contribution in [1.29, 1.82) is 0 Å². The molecule has 1 N–H and O–H groups in total. The Morgan fingerprint density at radius 2 is 1.87 bits per heavy atom. The number of rotatable bonds is 8. The number of allylic oxidation sites excluding steroid dienone is 1. The lowest BCUT2D eigenvalue weighted by atomic mass is 9.75. The predicted molar refractivity (Wildman–Crippen MR) is 83.1 cm³/mol. The van der Waals surface area contributed by atoms with E-state index in [4.69, 9.17) is 4.74 Å². The number of nitrogens with one attached hydrogen (secondary N) is 1. The fraction of sp³-hybridized carbons (Fsp3) is 0.625. The van der Waals surface area contributed by atoms with Gasteiger partial charge in [0.1, 0.15) is 12.0 Å². The Morgan fingerprint density at radius 3 is 2.43 bits per heavy atom. The number of carbonyl (C=O) groups is 4. The average molecular weight is 324 g/mol. The number of hydrogen-bond donors (Lipinski definition) is 1. The molecule has 0 aromatic rings. The van der Waals surface area contributed by atoms with E-state index < -0.39 is 11.4 Å². The molecule has 0 radical (unpaired) electrons. The van der Waals surface area contributed by atoms with Gasteiger partial charge in [0.2, 0.25) is 11.8 Å². The third-order valence-electron chi connectivity index (χ3n) is 4.07. The van der Waals surface area contributed by atoms with Crippen LogP contribution < -0.4 is 5.32 Å². The van der Waals surface area contributed by atoms with Gasteiger partial charge in [-0.15, -0.1) is 0 Å². The Kier molecular flexibility index (Phi) is 6.93. The summed E-state index contributed by atoms with van der Waals surface area (Å²) in [6, 6.07) is 0. The Hall–Kier alpha value is -2.18. The lowest BCUT2D eigenvalue weighted by Crippen LogP contribution is -2.49. The smallest absolute Gasteiger partial charge is 0.325 e. The van der Waals surface area contributed by atoms with Gasteiger partial charge in [0, 0.05) is 19.2 Å². The van der Waals surface area contributed by atoms with Gasteiger partial charge < -0.3 is 15.0 Å². The van der Waals surface area contributed by atoms with Crippen LogP contribution in [-0.4, -0.2) is 48.2 Å². The molecular formula is C16H24N2O5. The number of esters is 1. The Labute approximate surface area is 136 Å². The number of ether oxygens (including phenoxy) is 1. The van der Waals surface area contributed by atoms with Gasteiger partial charge in [-0.2, -0.15) is 0 Å². The zero-order valence-electron chi connectivity index (χ0n) is 13.9. The second kappa shape index (κ2) is 8.45. The van der Waals surface area contributed by atoms with E-state index in [9.17, 15) is 19.2 Å². The molecule has 2 amide bonds. The summed E-state index contributed by atoms with van der Waals surface area (Å²) in [5.74, 6) is -1.31. The average Bonchev–Trinajstić information content (AvgIpc) is 2.54. The number of hydrogen-bond acceptors (Lipinski definition) is 5. The standard InChI is InChI=1S/C16H24N2O5/c1-4-16(5-2)12(19)7-9-18(15(16)22)10-8-13(20)17-11-14(21)23-6-3/h7,9H,4-6,8,10-11H2,1-3H3,(H,17,20). The van der Waals surface area contributed by atoms with Gasteiger partial charge in [-0.25, -0.2) is 0 Å². The van der Waals surface area contributed by atoms with Gasteiger partial charge in [0.05, 0.1) is 6.61 Å². The summed E-state index contributed by atoms with van der Waals surface area (Å²) in [6.45, 7) is 5.53. The van der Waals surface area contributed by atoms with E-state index in [1.165, 1.54) is 17.2 Å². The van der Waals surface area contributed by atoms with Crippen molar-refractivity contribution in [3.63, 3.8) is 0 Å². The molecule has 0 aliphatic carbocycles. The first-order chi connectivity index (χ1) is 10.9. The van der Waals surface area contributed by atoms with Crippen molar-refractivity contribution in [3.05, 3.63) is 12.3 Å². The second-order valence-electron chi connectivity index (χ2n) is 5.30. The Bertz CT molecular complexity index is 509. The van der Waals surface area contributed by atoms with Crippen LogP contribution in [0.5, 0.6) is 0 Å². The molecule has 0 spiro atoms. The molecule has 7 nitrogen and oxygen atoms in total. The minimum atomic E-state index is -1.02. The topological polar surface area (TPSA) is 92.8 Å². The van der Waals surface area contributed by atoms with E-state index in [1.807, 2.05) is 13.8 Å². The molecule has 1 heterocycles. The predicted octanol–water partition coefficient (Wildman–Crippen LogP) is 0.787. The highest BCUT2D eigenvalue weighted by Crippen LogP contribution is 2.33. The van der Waals surface area contributed by atoms with Crippen LogP contribution in [0.2, 0.25) is 0 Å².